The third-order valence-corrected chi connectivity index (χ3v) is 3.66. The van der Waals surface area contributed by atoms with E-state index in [1.807, 2.05) is 18.2 Å². The number of hydrogen-bond donors (Lipinski definition) is 0. The first-order valence-electron chi connectivity index (χ1n) is 9.26. The molecule has 142 valence electrons. The molecule has 0 aliphatic rings. The van der Waals surface area contributed by atoms with Gasteiger partial charge < -0.3 is 9.47 Å². The molecule has 4 heteroatoms. The molecule has 0 unspecified atom stereocenters. The first-order valence-corrected chi connectivity index (χ1v) is 9.26. The number of rotatable bonds is 14. The molecular weight excluding hydrogens is 316 g/mol. The molecule has 0 spiro atoms. The summed E-state index contributed by atoms with van der Waals surface area (Å²) in [6.07, 6.45) is 16.4. The molecule has 0 bridgehead atoms. The van der Waals surface area contributed by atoms with Gasteiger partial charge >= 0.3 is 11.9 Å². The summed E-state index contributed by atoms with van der Waals surface area (Å²) in [4.78, 5) is 22.8. The van der Waals surface area contributed by atoms with Gasteiger partial charge in [0.25, 0.3) is 0 Å². The van der Waals surface area contributed by atoms with Gasteiger partial charge in [-0.3, -0.25) is 9.59 Å². The largest absolute Gasteiger partial charge is 0.459 e. The van der Waals surface area contributed by atoms with E-state index in [0.717, 1.165) is 38.5 Å². The number of ether oxygens (including phenoxy) is 2. The predicted octanol–water partition coefficient (Wildman–Crippen LogP) is 5.29. The van der Waals surface area contributed by atoms with Gasteiger partial charge in [-0.1, -0.05) is 43.7 Å². The van der Waals surface area contributed by atoms with E-state index in [9.17, 15) is 9.59 Å². The highest BCUT2D eigenvalue weighted by Gasteiger charge is 2.25. The van der Waals surface area contributed by atoms with Crippen LogP contribution in [0.3, 0.4) is 0 Å². The van der Waals surface area contributed by atoms with Gasteiger partial charge in [-0.25, -0.2) is 0 Å². The van der Waals surface area contributed by atoms with Crippen LogP contribution in [0.25, 0.3) is 0 Å². The van der Waals surface area contributed by atoms with Crippen LogP contribution in [-0.4, -0.2) is 24.1 Å². The van der Waals surface area contributed by atoms with Crippen LogP contribution < -0.4 is 0 Å². The van der Waals surface area contributed by atoms with Crippen LogP contribution in [0.15, 0.2) is 37.0 Å². The van der Waals surface area contributed by atoms with Crippen molar-refractivity contribution >= 4 is 11.9 Å². The van der Waals surface area contributed by atoms with Crippen molar-refractivity contribution < 1.29 is 19.1 Å². The number of hydrogen-bond acceptors (Lipinski definition) is 4. The molecule has 0 aromatic heterocycles. The number of carbonyl (C=O) groups excluding carboxylic acids is 2. The van der Waals surface area contributed by atoms with E-state index in [0.29, 0.717) is 12.8 Å². The number of allylic oxidation sites excluding steroid dienone is 4. The van der Waals surface area contributed by atoms with E-state index in [4.69, 9.17) is 9.47 Å². The average molecular weight is 350 g/mol. The Bertz CT molecular complexity index is 437. The lowest BCUT2D eigenvalue weighted by Gasteiger charge is -2.25. The molecule has 0 amide bonds. The van der Waals surface area contributed by atoms with E-state index in [1.165, 1.54) is 13.8 Å². The molecule has 0 rings (SSSR count). The summed E-state index contributed by atoms with van der Waals surface area (Å²) in [5.41, 5.74) is 0. The Morgan fingerprint density at radius 1 is 0.920 bits per heavy atom. The highest BCUT2D eigenvalue weighted by Crippen LogP contribution is 2.18. The topological polar surface area (TPSA) is 52.6 Å². The molecule has 4 nitrogen and oxygen atoms in total. The number of carbonyl (C=O) groups is 2. The zero-order chi connectivity index (χ0) is 18.9. The van der Waals surface area contributed by atoms with Gasteiger partial charge in [-0.2, -0.15) is 0 Å². The van der Waals surface area contributed by atoms with Gasteiger partial charge in [-0.05, 0) is 38.5 Å². The maximum absolute atomic E-state index is 11.4. The van der Waals surface area contributed by atoms with Crippen molar-refractivity contribution in [3.63, 3.8) is 0 Å². The van der Waals surface area contributed by atoms with Crippen LogP contribution in [0.5, 0.6) is 0 Å². The van der Waals surface area contributed by atoms with Crippen LogP contribution in [0.1, 0.15) is 72.1 Å². The summed E-state index contributed by atoms with van der Waals surface area (Å²) in [5.74, 6) is -0.698. The van der Waals surface area contributed by atoms with Crippen molar-refractivity contribution in [2.75, 3.05) is 0 Å². The zero-order valence-electron chi connectivity index (χ0n) is 16.0. The van der Waals surface area contributed by atoms with Gasteiger partial charge in [0.15, 0.2) is 0 Å². The van der Waals surface area contributed by atoms with E-state index in [2.05, 4.69) is 25.7 Å². The van der Waals surface area contributed by atoms with Crippen molar-refractivity contribution in [2.45, 2.75) is 84.3 Å². The molecule has 0 aliphatic heterocycles. The summed E-state index contributed by atoms with van der Waals surface area (Å²) < 4.78 is 10.8. The quantitative estimate of drug-likeness (QED) is 0.243. The lowest BCUT2D eigenvalue weighted by atomic mass is 10.0. The minimum Gasteiger partial charge on any atom is -0.459 e. The lowest BCUT2D eigenvalue weighted by molar-refractivity contribution is -0.165. The van der Waals surface area contributed by atoms with Crippen molar-refractivity contribution in [1.29, 1.82) is 0 Å². The molecule has 0 radical (unpaired) electrons. The van der Waals surface area contributed by atoms with E-state index in [1.54, 1.807) is 0 Å². The molecule has 25 heavy (non-hydrogen) atoms. The Hall–Kier alpha value is -1.84. The highest BCUT2D eigenvalue weighted by atomic mass is 16.6. The van der Waals surface area contributed by atoms with Gasteiger partial charge in [0.2, 0.25) is 0 Å². The van der Waals surface area contributed by atoms with Crippen LogP contribution in [-0.2, 0) is 19.1 Å². The Morgan fingerprint density at radius 3 is 2.16 bits per heavy atom. The number of esters is 2. The second-order valence-electron chi connectivity index (χ2n) is 6.04. The van der Waals surface area contributed by atoms with Crippen LogP contribution in [0, 0.1) is 0 Å². The van der Waals surface area contributed by atoms with Crippen molar-refractivity contribution in [2.24, 2.45) is 0 Å². The van der Waals surface area contributed by atoms with Crippen molar-refractivity contribution in [3.8, 4) is 0 Å². The van der Waals surface area contributed by atoms with Gasteiger partial charge in [-0.15, -0.1) is 6.58 Å². The maximum Gasteiger partial charge on any atom is 0.303 e. The smallest absolute Gasteiger partial charge is 0.303 e. The Balaban J connectivity index is 4.70. The van der Waals surface area contributed by atoms with E-state index >= 15 is 0 Å². The molecule has 0 saturated heterocycles. The van der Waals surface area contributed by atoms with E-state index < -0.39 is 12.2 Å². The maximum atomic E-state index is 11.4. The fourth-order valence-corrected chi connectivity index (χ4v) is 2.50. The minimum atomic E-state index is -0.438. The zero-order valence-corrected chi connectivity index (χ0v) is 16.0. The average Bonchev–Trinajstić information content (AvgIpc) is 2.55. The molecule has 0 N–H and O–H groups in total. The van der Waals surface area contributed by atoms with Crippen LogP contribution >= 0.6 is 0 Å². The molecule has 0 saturated carbocycles. The lowest BCUT2D eigenvalue weighted by Crippen LogP contribution is -2.34. The fraction of sp³-hybridized carbons (Fsp3) is 0.619. The number of unbranched alkanes of at least 4 members (excludes halogenated alkanes) is 3. The normalized spacial score (nSPS) is 13.7. The fourth-order valence-electron chi connectivity index (χ4n) is 2.50. The third-order valence-electron chi connectivity index (χ3n) is 3.66. The van der Waals surface area contributed by atoms with Gasteiger partial charge in [0.05, 0.1) is 0 Å². The van der Waals surface area contributed by atoms with Gasteiger partial charge in [0.1, 0.15) is 12.2 Å². The first-order chi connectivity index (χ1) is 12.0. The molecule has 0 aromatic carbocycles. The molecule has 0 aliphatic carbocycles. The minimum absolute atomic E-state index is 0.344. The van der Waals surface area contributed by atoms with Crippen molar-refractivity contribution in [1.82, 2.24) is 0 Å². The summed E-state index contributed by atoms with van der Waals surface area (Å²) in [6.45, 7) is 8.58. The molecule has 0 aromatic rings. The second-order valence-corrected chi connectivity index (χ2v) is 6.04. The SMILES string of the molecule is C=CCCCCC[C@H](OC(C)=O)[C@H](C/C=C\C/C=C\CC)OC(C)=O. The Kier molecular flexibility index (Phi) is 14.5. The van der Waals surface area contributed by atoms with Crippen LogP contribution in [0.4, 0.5) is 0 Å². The molecule has 2 atom stereocenters. The predicted molar refractivity (Wildman–Crippen MR) is 102 cm³/mol. The first kappa shape index (κ1) is 23.2. The Morgan fingerprint density at radius 2 is 1.56 bits per heavy atom. The van der Waals surface area contributed by atoms with Crippen LogP contribution in [0.2, 0.25) is 0 Å². The Labute approximate surface area is 153 Å². The molecular formula is C21H34O4. The summed E-state index contributed by atoms with van der Waals surface area (Å²) in [7, 11) is 0. The summed E-state index contributed by atoms with van der Waals surface area (Å²) >= 11 is 0. The monoisotopic (exact) mass is 350 g/mol. The highest BCUT2D eigenvalue weighted by molar-refractivity contribution is 5.67. The standard InChI is InChI=1S/C21H34O4/c1-5-7-9-11-13-15-17-21(25-19(4)23)20(24-18(3)22)16-14-12-10-8-6-2/h6-7,9,13,15,20-21H,2,5,8,10-12,14,16-17H2,1,3-4H3/b9-7-,15-13-/t20-,21-/m0/s1. The van der Waals surface area contributed by atoms with E-state index in [-0.39, 0.29) is 11.9 Å². The third kappa shape index (κ3) is 14.2. The second kappa shape index (κ2) is 15.7. The van der Waals surface area contributed by atoms with Crippen molar-refractivity contribution in [3.05, 3.63) is 37.0 Å². The molecule has 0 fully saturated rings. The van der Waals surface area contributed by atoms with Gasteiger partial charge in [0, 0.05) is 20.3 Å². The molecule has 0 heterocycles. The summed E-state index contributed by atoms with van der Waals surface area (Å²) in [5, 5.41) is 0. The summed E-state index contributed by atoms with van der Waals surface area (Å²) in [6, 6.07) is 0.